The van der Waals surface area contributed by atoms with Crippen LogP contribution in [0.4, 0.5) is 0 Å². The van der Waals surface area contributed by atoms with Gasteiger partial charge in [-0.15, -0.1) is 13.2 Å². The van der Waals surface area contributed by atoms with Gasteiger partial charge < -0.3 is 9.84 Å². The minimum atomic E-state index is -0.460. The number of hydrogen-bond donors (Lipinski definition) is 1. The van der Waals surface area contributed by atoms with Gasteiger partial charge in [0.1, 0.15) is 6.61 Å². The molecule has 0 spiro atoms. The van der Waals surface area contributed by atoms with Crippen molar-refractivity contribution in [1.29, 1.82) is 0 Å². The zero-order chi connectivity index (χ0) is 11.7. The molecule has 0 fully saturated rings. The average molecular weight is 210 g/mol. The molecule has 0 aliphatic rings. The lowest BCUT2D eigenvalue weighted by atomic mass is 9.93. The third-order valence-electron chi connectivity index (χ3n) is 1.98. The Morgan fingerprint density at radius 3 is 2.27 bits per heavy atom. The van der Waals surface area contributed by atoms with Gasteiger partial charge in [0.15, 0.2) is 0 Å². The number of allylic oxidation sites excluding steroid dienone is 2. The summed E-state index contributed by atoms with van der Waals surface area (Å²) >= 11 is 0. The number of aliphatic hydroxyl groups excluding tert-OH is 1. The Kier molecular flexibility index (Phi) is 7.28. The van der Waals surface area contributed by atoms with Gasteiger partial charge in [-0.2, -0.15) is 0 Å². The number of ether oxygens (including phenoxy) is 1. The number of carbonyl (C=O) groups excluding carboxylic acids is 1. The second-order valence-electron chi connectivity index (χ2n) is 3.13. The van der Waals surface area contributed by atoms with Crippen molar-refractivity contribution >= 4 is 5.97 Å². The first kappa shape index (κ1) is 13.7. The largest absolute Gasteiger partial charge is 0.460 e. The Balaban J connectivity index is 4.27. The lowest BCUT2D eigenvalue weighted by molar-refractivity contribution is -0.140. The molecule has 0 aromatic carbocycles. The summed E-state index contributed by atoms with van der Waals surface area (Å²) in [5.74, 6) is -0.469. The Hall–Kier alpha value is -1.35. The zero-order valence-electron chi connectivity index (χ0n) is 8.95. The molecule has 0 rings (SSSR count). The highest BCUT2D eigenvalue weighted by molar-refractivity contribution is 5.88. The van der Waals surface area contributed by atoms with Crippen LogP contribution < -0.4 is 0 Å². The number of hydrogen-bond acceptors (Lipinski definition) is 3. The van der Waals surface area contributed by atoms with E-state index in [9.17, 15) is 4.79 Å². The van der Waals surface area contributed by atoms with Crippen LogP contribution >= 0.6 is 0 Å². The third-order valence-corrected chi connectivity index (χ3v) is 1.98. The summed E-state index contributed by atoms with van der Waals surface area (Å²) in [4.78, 5) is 11.4. The number of aliphatic hydroxyl groups is 1. The van der Waals surface area contributed by atoms with Gasteiger partial charge in [0.05, 0.1) is 6.61 Å². The van der Waals surface area contributed by atoms with Gasteiger partial charge in [-0.25, -0.2) is 4.79 Å². The van der Waals surface area contributed by atoms with E-state index in [1.807, 2.05) is 0 Å². The fraction of sp³-hybridized carbons (Fsp3) is 0.417. The van der Waals surface area contributed by atoms with Crippen molar-refractivity contribution in [2.24, 2.45) is 5.92 Å². The second-order valence-corrected chi connectivity index (χ2v) is 3.13. The summed E-state index contributed by atoms with van der Waals surface area (Å²) in [5.41, 5.74) is 0.406. The molecule has 0 atom stereocenters. The van der Waals surface area contributed by atoms with Crippen LogP contribution in [-0.2, 0) is 9.53 Å². The van der Waals surface area contributed by atoms with Crippen LogP contribution in [0.15, 0.2) is 37.5 Å². The van der Waals surface area contributed by atoms with Crippen LogP contribution in [0.1, 0.15) is 12.8 Å². The van der Waals surface area contributed by atoms with Crippen molar-refractivity contribution in [3.63, 3.8) is 0 Å². The van der Waals surface area contributed by atoms with Gasteiger partial charge in [0.2, 0.25) is 0 Å². The maximum Gasteiger partial charge on any atom is 0.333 e. The first-order valence-electron chi connectivity index (χ1n) is 4.85. The van der Waals surface area contributed by atoms with Gasteiger partial charge in [-0.1, -0.05) is 18.7 Å². The lowest BCUT2D eigenvalue weighted by Gasteiger charge is -2.14. The summed E-state index contributed by atoms with van der Waals surface area (Å²) in [6, 6.07) is 0. The summed E-state index contributed by atoms with van der Waals surface area (Å²) in [6.45, 7) is 10.8. The van der Waals surface area contributed by atoms with Crippen molar-refractivity contribution in [3.8, 4) is 0 Å². The first-order valence-corrected chi connectivity index (χ1v) is 4.85. The molecule has 0 heterocycles. The Bertz CT molecular complexity index is 233. The molecule has 15 heavy (non-hydrogen) atoms. The van der Waals surface area contributed by atoms with Gasteiger partial charge in [0.25, 0.3) is 0 Å². The topological polar surface area (TPSA) is 46.5 Å². The van der Waals surface area contributed by atoms with Crippen LogP contribution in [0.2, 0.25) is 0 Å². The molecule has 84 valence electrons. The average Bonchev–Trinajstić information content (AvgIpc) is 2.24. The molecule has 0 saturated carbocycles. The molecule has 0 amide bonds. The van der Waals surface area contributed by atoms with Crippen LogP contribution in [0.3, 0.4) is 0 Å². The second kappa shape index (κ2) is 8.00. The fourth-order valence-electron chi connectivity index (χ4n) is 1.18. The highest BCUT2D eigenvalue weighted by Crippen LogP contribution is 2.19. The van der Waals surface area contributed by atoms with E-state index in [1.54, 1.807) is 12.2 Å². The Morgan fingerprint density at radius 2 is 1.87 bits per heavy atom. The number of rotatable bonds is 8. The molecule has 0 aromatic rings. The summed E-state index contributed by atoms with van der Waals surface area (Å²) < 4.78 is 4.77. The molecule has 0 aromatic heterocycles. The normalized spacial score (nSPS) is 9.73. The molecule has 0 saturated heterocycles. The molecule has 0 radical (unpaired) electrons. The van der Waals surface area contributed by atoms with Crippen molar-refractivity contribution in [3.05, 3.63) is 37.5 Å². The predicted molar refractivity (Wildman–Crippen MR) is 60.3 cm³/mol. The predicted octanol–water partition coefficient (Wildman–Crippen LogP) is 1.85. The highest BCUT2D eigenvalue weighted by Gasteiger charge is 2.17. The van der Waals surface area contributed by atoms with Crippen LogP contribution in [0.25, 0.3) is 0 Å². The molecule has 0 aliphatic heterocycles. The maximum atomic E-state index is 11.4. The highest BCUT2D eigenvalue weighted by atomic mass is 16.5. The van der Waals surface area contributed by atoms with Gasteiger partial charge >= 0.3 is 5.97 Å². The minimum Gasteiger partial charge on any atom is -0.460 e. The summed E-state index contributed by atoms with van der Waals surface area (Å²) in [5, 5.41) is 8.50. The first-order chi connectivity index (χ1) is 7.17. The van der Waals surface area contributed by atoms with E-state index in [0.717, 1.165) is 0 Å². The molecule has 0 unspecified atom stereocenters. The van der Waals surface area contributed by atoms with Crippen molar-refractivity contribution in [1.82, 2.24) is 0 Å². The Labute approximate surface area is 90.8 Å². The Morgan fingerprint density at radius 1 is 1.33 bits per heavy atom. The summed E-state index contributed by atoms with van der Waals surface area (Å²) in [7, 11) is 0. The van der Waals surface area contributed by atoms with Gasteiger partial charge in [0, 0.05) is 5.57 Å². The van der Waals surface area contributed by atoms with Gasteiger partial charge in [-0.3, -0.25) is 0 Å². The van der Waals surface area contributed by atoms with Crippen molar-refractivity contribution < 1.29 is 14.6 Å². The zero-order valence-corrected chi connectivity index (χ0v) is 8.95. The van der Waals surface area contributed by atoms with E-state index in [2.05, 4.69) is 19.7 Å². The monoisotopic (exact) mass is 210 g/mol. The molecule has 0 aliphatic carbocycles. The maximum absolute atomic E-state index is 11.4. The minimum absolute atomic E-state index is 0.00670. The van der Waals surface area contributed by atoms with Gasteiger partial charge in [-0.05, 0) is 18.8 Å². The molecule has 0 bridgehead atoms. The number of esters is 1. The standard InChI is InChI=1S/C12H18O3/c1-4-6-11(7-5-2)10(3)12(14)15-9-8-13/h4-5,11,13H,1-3,6-9H2. The molecule has 1 N–H and O–H groups in total. The third kappa shape index (κ3) is 5.18. The van der Waals surface area contributed by atoms with E-state index < -0.39 is 5.97 Å². The summed E-state index contributed by atoms with van der Waals surface area (Å²) in [6.07, 6.45) is 4.80. The van der Waals surface area contributed by atoms with E-state index in [-0.39, 0.29) is 19.1 Å². The van der Waals surface area contributed by atoms with Crippen LogP contribution in [-0.4, -0.2) is 24.3 Å². The molecular formula is C12H18O3. The SMILES string of the molecule is C=CCC(CC=C)C(=C)C(=O)OCCO. The number of carbonyl (C=O) groups is 1. The molecule has 3 nitrogen and oxygen atoms in total. The quantitative estimate of drug-likeness (QED) is 0.378. The van der Waals surface area contributed by atoms with Crippen molar-refractivity contribution in [2.75, 3.05) is 13.2 Å². The van der Waals surface area contributed by atoms with Crippen molar-refractivity contribution in [2.45, 2.75) is 12.8 Å². The van der Waals surface area contributed by atoms with E-state index in [0.29, 0.717) is 18.4 Å². The van der Waals surface area contributed by atoms with Crippen LogP contribution in [0, 0.1) is 5.92 Å². The van der Waals surface area contributed by atoms with E-state index >= 15 is 0 Å². The molecule has 3 heteroatoms. The fourth-order valence-corrected chi connectivity index (χ4v) is 1.18. The van der Waals surface area contributed by atoms with E-state index in [1.165, 1.54) is 0 Å². The molecular weight excluding hydrogens is 192 g/mol. The smallest absolute Gasteiger partial charge is 0.333 e. The van der Waals surface area contributed by atoms with E-state index in [4.69, 9.17) is 9.84 Å². The lowest BCUT2D eigenvalue weighted by Crippen LogP contribution is -2.16. The van der Waals surface area contributed by atoms with Crippen LogP contribution in [0.5, 0.6) is 0 Å².